The number of nitriles is 1. The van der Waals surface area contributed by atoms with Gasteiger partial charge in [-0.15, -0.1) is 0 Å². The lowest BCUT2D eigenvalue weighted by atomic mass is 10.0. The van der Waals surface area contributed by atoms with Gasteiger partial charge in [-0.1, -0.05) is 30.3 Å². The van der Waals surface area contributed by atoms with Crippen LogP contribution in [0, 0.1) is 11.3 Å². The summed E-state index contributed by atoms with van der Waals surface area (Å²) in [4.78, 5) is 11.6. The maximum Gasteiger partial charge on any atom is 0.221 e. The van der Waals surface area contributed by atoms with Crippen LogP contribution in [0.5, 0.6) is 0 Å². The molecule has 0 radical (unpaired) electrons. The molecule has 1 aromatic carbocycles. The molecule has 1 atom stereocenters. The van der Waals surface area contributed by atoms with Crippen LogP contribution in [0.4, 0.5) is 0 Å². The highest BCUT2D eigenvalue weighted by atomic mass is 16.1. The topological polar surface area (TPSA) is 64.9 Å². The van der Waals surface area contributed by atoms with Crippen LogP contribution >= 0.6 is 0 Å². The van der Waals surface area contributed by atoms with Crippen molar-refractivity contribution in [3.8, 4) is 6.07 Å². The average Bonchev–Trinajstić information content (AvgIpc) is 3.23. The molecule has 2 rings (SSSR count). The summed E-state index contributed by atoms with van der Waals surface area (Å²) in [6.45, 7) is 0.597. The lowest BCUT2D eigenvalue weighted by Gasteiger charge is -2.16. The van der Waals surface area contributed by atoms with E-state index in [-0.39, 0.29) is 11.9 Å². The summed E-state index contributed by atoms with van der Waals surface area (Å²) < 4.78 is 0. The van der Waals surface area contributed by atoms with E-state index in [4.69, 9.17) is 5.26 Å². The summed E-state index contributed by atoms with van der Waals surface area (Å²) in [5.74, 6) is 0.0961. The van der Waals surface area contributed by atoms with Gasteiger partial charge in [-0.25, -0.2) is 0 Å². The summed E-state index contributed by atoms with van der Waals surface area (Å²) in [5.41, 5.74) is 1.09. The number of hydrogen-bond acceptors (Lipinski definition) is 3. The van der Waals surface area contributed by atoms with E-state index < -0.39 is 0 Å². The fourth-order valence-corrected chi connectivity index (χ4v) is 1.97. The van der Waals surface area contributed by atoms with Gasteiger partial charge in [0, 0.05) is 25.0 Å². The van der Waals surface area contributed by atoms with Crippen molar-refractivity contribution >= 4 is 5.91 Å². The Morgan fingerprint density at radius 1 is 1.37 bits per heavy atom. The molecular weight excluding hydrogens is 238 g/mol. The minimum atomic E-state index is -0.0000694. The van der Waals surface area contributed by atoms with E-state index in [1.807, 2.05) is 30.3 Å². The highest BCUT2D eigenvalue weighted by molar-refractivity contribution is 5.76. The standard InChI is InChI=1S/C15H19N3O/c16-10-8-14(12-4-2-1-3-5-12)17-11-9-15(19)18-13-6-7-13/h1-5,13-14,17H,6-9,11H2,(H,18,19). The predicted octanol–water partition coefficient (Wildman–Crippen LogP) is 1.90. The van der Waals surface area contributed by atoms with Gasteiger partial charge in [0.1, 0.15) is 0 Å². The first-order chi connectivity index (χ1) is 9.29. The number of hydrogen-bond donors (Lipinski definition) is 2. The zero-order valence-corrected chi connectivity index (χ0v) is 10.9. The number of carbonyl (C=O) groups is 1. The van der Waals surface area contributed by atoms with Crippen molar-refractivity contribution in [2.75, 3.05) is 6.54 Å². The van der Waals surface area contributed by atoms with Crippen LogP contribution in [0.1, 0.15) is 37.3 Å². The van der Waals surface area contributed by atoms with E-state index in [1.54, 1.807) is 0 Å². The minimum Gasteiger partial charge on any atom is -0.353 e. The summed E-state index contributed by atoms with van der Waals surface area (Å²) >= 11 is 0. The van der Waals surface area contributed by atoms with E-state index in [0.29, 0.717) is 25.4 Å². The molecule has 4 heteroatoms. The molecular formula is C15H19N3O. The third-order valence-corrected chi connectivity index (χ3v) is 3.18. The van der Waals surface area contributed by atoms with E-state index >= 15 is 0 Å². The maximum atomic E-state index is 11.6. The second-order valence-corrected chi connectivity index (χ2v) is 4.87. The first-order valence-electron chi connectivity index (χ1n) is 6.74. The molecule has 1 aromatic rings. The summed E-state index contributed by atoms with van der Waals surface area (Å²) in [5, 5.41) is 15.1. The zero-order valence-electron chi connectivity index (χ0n) is 10.9. The molecule has 1 unspecified atom stereocenters. The van der Waals surface area contributed by atoms with Gasteiger partial charge in [-0.3, -0.25) is 4.79 Å². The van der Waals surface area contributed by atoms with Crippen LogP contribution in [0.2, 0.25) is 0 Å². The lowest BCUT2D eigenvalue weighted by Crippen LogP contribution is -2.30. The van der Waals surface area contributed by atoms with Gasteiger partial charge in [0.05, 0.1) is 12.5 Å². The lowest BCUT2D eigenvalue weighted by molar-refractivity contribution is -0.121. The summed E-state index contributed by atoms with van der Waals surface area (Å²) in [6.07, 6.45) is 3.10. The van der Waals surface area contributed by atoms with Crippen molar-refractivity contribution in [2.45, 2.75) is 37.8 Å². The molecule has 0 heterocycles. The molecule has 1 amide bonds. The Balaban J connectivity index is 1.77. The smallest absolute Gasteiger partial charge is 0.221 e. The molecule has 2 N–H and O–H groups in total. The molecule has 0 spiro atoms. The monoisotopic (exact) mass is 257 g/mol. The van der Waals surface area contributed by atoms with Crippen LogP contribution in [0.15, 0.2) is 30.3 Å². The van der Waals surface area contributed by atoms with Crippen LogP contribution in [0.3, 0.4) is 0 Å². The highest BCUT2D eigenvalue weighted by Gasteiger charge is 2.22. The van der Waals surface area contributed by atoms with Gasteiger partial charge in [0.2, 0.25) is 5.91 Å². The molecule has 0 aromatic heterocycles. The summed E-state index contributed by atoms with van der Waals surface area (Å²) in [6, 6.07) is 12.5. The fraction of sp³-hybridized carbons (Fsp3) is 0.467. The summed E-state index contributed by atoms with van der Waals surface area (Å²) in [7, 11) is 0. The van der Waals surface area contributed by atoms with Crippen molar-refractivity contribution in [2.24, 2.45) is 0 Å². The Morgan fingerprint density at radius 3 is 2.74 bits per heavy atom. The Hall–Kier alpha value is -1.86. The van der Waals surface area contributed by atoms with Gasteiger partial charge in [0.15, 0.2) is 0 Å². The van der Waals surface area contributed by atoms with E-state index in [1.165, 1.54) is 0 Å². The number of amides is 1. The second kappa shape index (κ2) is 6.91. The molecule has 4 nitrogen and oxygen atoms in total. The Kier molecular flexibility index (Phi) is 4.93. The molecule has 1 aliphatic rings. The zero-order chi connectivity index (χ0) is 13.5. The third kappa shape index (κ3) is 4.72. The van der Waals surface area contributed by atoms with Crippen LogP contribution in [0.25, 0.3) is 0 Å². The van der Waals surface area contributed by atoms with Crippen LogP contribution in [-0.2, 0) is 4.79 Å². The fourth-order valence-electron chi connectivity index (χ4n) is 1.97. The molecule has 0 bridgehead atoms. The molecule has 0 saturated heterocycles. The van der Waals surface area contributed by atoms with Gasteiger partial charge >= 0.3 is 0 Å². The number of nitrogens with one attached hydrogen (secondary N) is 2. The number of nitrogens with zero attached hydrogens (tertiary/aromatic N) is 1. The molecule has 19 heavy (non-hydrogen) atoms. The Bertz CT molecular complexity index is 448. The Labute approximate surface area is 113 Å². The Morgan fingerprint density at radius 2 is 2.11 bits per heavy atom. The van der Waals surface area contributed by atoms with Crippen molar-refractivity contribution < 1.29 is 4.79 Å². The number of rotatable bonds is 7. The van der Waals surface area contributed by atoms with E-state index in [9.17, 15) is 4.79 Å². The van der Waals surface area contributed by atoms with Gasteiger partial charge in [-0.05, 0) is 18.4 Å². The first kappa shape index (κ1) is 13.6. The SMILES string of the molecule is N#CCC(NCCC(=O)NC1CC1)c1ccccc1. The molecule has 1 fully saturated rings. The normalized spacial score (nSPS) is 15.5. The molecule has 100 valence electrons. The van der Waals surface area contributed by atoms with Crippen molar-refractivity contribution in [1.82, 2.24) is 10.6 Å². The van der Waals surface area contributed by atoms with Gasteiger partial charge in [-0.2, -0.15) is 5.26 Å². The van der Waals surface area contributed by atoms with Gasteiger partial charge < -0.3 is 10.6 Å². The third-order valence-electron chi connectivity index (χ3n) is 3.18. The quantitative estimate of drug-likeness (QED) is 0.784. The minimum absolute atomic E-state index is 0.0000694. The molecule has 1 saturated carbocycles. The second-order valence-electron chi connectivity index (χ2n) is 4.87. The predicted molar refractivity (Wildman–Crippen MR) is 73.2 cm³/mol. The van der Waals surface area contributed by atoms with Gasteiger partial charge in [0.25, 0.3) is 0 Å². The molecule has 0 aliphatic heterocycles. The first-order valence-corrected chi connectivity index (χ1v) is 6.74. The molecule has 1 aliphatic carbocycles. The average molecular weight is 257 g/mol. The van der Waals surface area contributed by atoms with E-state index in [0.717, 1.165) is 18.4 Å². The number of carbonyl (C=O) groups excluding carboxylic acids is 1. The maximum absolute atomic E-state index is 11.6. The largest absolute Gasteiger partial charge is 0.353 e. The van der Waals surface area contributed by atoms with E-state index in [2.05, 4.69) is 16.7 Å². The van der Waals surface area contributed by atoms with Crippen LogP contribution in [-0.4, -0.2) is 18.5 Å². The number of benzene rings is 1. The van der Waals surface area contributed by atoms with Crippen molar-refractivity contribution in [3.05, 3.63) is 35.9 Å². The van der Waals surface area contributed by atoms with Crippen molar-refractivity contribution in [1.29, 1.82) is 5.26 Å². The van der Waals surface area contributed by atoms with Crippen LogP contribution < -0.4 is 10.6 Å². The van der Waals surface area contributed by atoms with Crippen molar-refractivity contribution in [3.63, 3.8) is 0 Å². The highest BCUT2D eigenvalue weighted by Crippen LogP contribution is 2.19.